The molecule has 0 bridgehead atoms. The molecule has 7 heteroatoms. The third kappa shape index (κ3) is 4.20. The van der Waals surface area contributed by atoms with Crippen molar-refractivity contribution in [1.82, 2.24) is 0 Å². The number of thiophene rings is 1. The van der Waals surface area contributed by atoms with Crippen LogP contribution in [-0.2, 0) is 4.79 Å². The summed E-state index contributed by atoms with van der Waals surface area (Å²) < 4.78 is 0. The first-order valence-corrected chi connectivity index (χ1v) is 10.2. The molecule has 0 spiro atoms. The zero-order valence-corrected chi connectivity index (χ0v) is 16.4. The lowest BCUT2D eigenvalue weighted by molar-refractivity contribution is -0.117. The number of anilines is 3. The molecule has 29 heavy (non-hydrogen) atoms. The first-order valence-electron chi connectivity index (χ1n) is 9.27. The summed E-state index contributed by atoms with van der Waals surface area (Å²) in [7, 11) is 0. The Morgan fingerprint density at radius 3 is 2.38 bits per heavy atom. The Morgan fingerprint density at radius 2 is 1.69 bits per heavy atom. The lowest BCUT2D eigenvalue weighted by Crippen LogP contribution is -2.25. The fourth-order valence-corrected chi connectivity index (χ4v) is 3.84. The van der Waals surface area contributed by atoms with E-state index in [0.29, 0.717) is 40.5 Å². The van der Waals surface area contributed by atoms with Crippen molar-refractivity contribution in [1.29, 1.82) is 0 Å². The number of rotatable bonds is 5. The van der Waals surface area contributed by atoms with Crippen LogP contribution in [0.4, 0.5) is 17.1 Å². The van der Waals surface area contributed by atoms with Gasteiger partial charge in [-0.3, -0.25) is 14.4 Å². The first-order chi connectivity index (χ1) is 14.1. The third-order valence-corrected chi connectivity index (χ3v) is 5.54. The van der Waals surface area contributed by atoms with Crippen molar-refractivity contribution in [2.24, 2.45) is 0 Å². The molecule has 1 saturated heterocycles. The highest BCUT2D eigenvalue weighted by Gasteiger charge is 2.24. The average Bonchev–Trinajstić information content (AvgIpc) is 3.41. The topological polar surface area (TPSA) is 78.5 Å². The van der Waals surface area contributed by atoms with Crippen LogP contribution >= 0.6 is 11.3 Å². The number of benzene rings is 2. The molecule has 0 aliphatic carbocycles. The maximum absolute atomic E-state index is 12.7. The second-order valence-electron chi connectivity index (χ2n) is 6.63. The van der Waals surface area contributed by atoms with Crippen LogP contribution in [0.1, 0.15) is 32.9 Å². The summed E-state index contributed by atoms with van der Waals surface area (Å²) in [6.07, 6.45) is 1.35. The summed E-state index contributed by atoms with van der Waals surface area (Å²) >= 11 is 1.37. The summed E-state index contributed by atoms with van der Waals surface area (Å²) in [5.41, 5.74) is 2.38. The fraction of sp³-hybridized carbons (Fsp3) is 0.136. The standard InChI is InChI=1S/C22H19N3O3S/c26-20-8-3-13-25(20)18-6-2-1-5-17(18)24-21(27)15-9-11-16(12-10-15)23-22(28)19-7-4-14-29-19/h1-2,4-7,9-12,14H,3,8,13H2,(H,23,28)(H,24,27). The van der Waals surface area contributed by atoms with Gasteiger partial charge in [-0.25, -0.2) is 0 Å². The quantitative estimate of drug-likeness (QED) is 0.661. The van der Waals surface area contributed by atoms with E-state index in [-0.39, 0.29) is 17.7 Å². The van der Waals surface area contributed by atoms with Crippen LogP contribution in [0.15, 0.2) is 66.0 Å². The van der Waals surface area contributed by atoms with Crippen molar-refractivity contribution in [2.45, 2.75) is 12.8 Å². The van der Waals surface area contributed by atoms with E-state index in [4.69, 9.17) is 0 Å². The maximum Gasteiger partial charge on any atom is 0.265 e. The predicted molar refractivity (Wildman–Crippen MR) is 115 cm³/mol. The summed E-state index contributed by atoms with van der Waals surface area (Å²) in [4.78, 5) is 39.2. The number of nitrogens with zero attached hydrogens (tertiary/aromatic N) is 1. The molecule has 0 atom stereocenters. The zero-order chi connectivity index (χ0) is 20.2. The summed E-state index contributed by atoms with van der Waals surface area (Å²) in [5, 5.41) is 7.54. The normalized spacial score (nSPS) is 13.4. The van der Waals surface area contributed by atoms with E-state index in [9.17, 15) is 14.4 Å². The van der Waals surface area contributed by atoms with Crippen LogP contribution in [0.5, 0.6) is 0 Å². The Morgan fingerprint density at radius 1 is 0.897 bits per heavy atom. The molecule has 1 aromatic heterocycles. The minimum absolute atomic E-state index is 0.0672. The monoisotopic (exact) mass is 405 g/mol. The van der Waals surface area contributed by atoms with Gasteiger partial charge in [0, 0.05) is 24.2 Å². The van der Waals surface area contributed by atoms with Crippen molar-refractivity contribution in [3.05, 3.63) is 76.5 Å². The number of hydrogen-bond acceptors (Lipinski definition) is 4. The van der Waals surface area contributed by atoms with Gasteiger partial charge in [0.05, 0.1) is 16.3 Å². The molecule has 3 amide bonds. The maximum atomic E-state index is 12.7. The van der Waals surface area contributed by atoms with Crippen molar-refractivity contribution in [2.75, 3.05) is 22.1 Å². The van der Waals surface area contributed by atoms with E-state index < -0.39 is 0 Å². The van der Waals surface area contributed by atoms with Crippen LogP contribution in [0.3, 0.4) is 0 Å². The van der Waals surface area contributed by atoms with Gasteiger partial charge in [-0.15, -0.1) is 11.3 Å². The highest BCUT2D eigenvalue weighted by Crippen LogP contribution is 2.29. The van der Waals surface area contributed by atoms with Gasteiger partial charge in [0.2, 0.25) is 5.91 Å². The number of amides is 3. The van der Waals surface area contributed by atoms with Gasteiger partial charge in [0.25, 0.3) is 11.8 Å². The number of hydrogen-bond donors (Lipinski definition) is 2. The van der Waals surface area contributed by atoms with Gasteiger partial charge in [0.15, 0.2) is 0 Å². The first kappa shape index (κ1) is 18.9. The Bertz CT molecular complexity index is 1050. The van der Waals surface area contributed by atoms with E-state index >= 15 is 0 Å². The van der Waals surface area contributed by atoms with Gasteiger partial charge in [-0.1, -0.05) is 18.2 Å². The zero-order valence-electron chi connectivity index (χ0n) is 15.6. The van der Waals surface area contributed by atoms with Gasteiger partial charge in [-0.05, 0) is 54.3 Å². The summed E-state index contributed by atoms with van der Waals surface area (Å²) in [6, 6.07) is 17.6. The molecule has 1 aliphatic rings. The van der Waals surface area contributed by atoms with Crippen LogP contribution in [-0.4, -0.2) is 24.3 Å². The molecule has 0 saturated carbocycles. The molecule has 2 heterocycles. The van der Waals surface area contributed by atoms with Crippen molar-refractivity contribution in [3.8, 4) is 0 Å². The molecule has 4 rings (SSSR count). The van der Waals surface area contributed by atoms with Crippen molar-refractivity contribution >= 4 is 46.1 Å². The third-order valence-electron chi connectivity index (χ3n) is 4.67. The molecule has 146 valence electrons. The minimum atomic E-state index is -0.278. The number of para-hydroxylation sites is 2. The lowest BCUT2D eigenvalue weighted by Gasteiger charge is -2.20. The van der Waals surface area contributed by atoms with E-state index in [1.54, 1.807) is 41.3 Å². The molecular formula is C22H19N3O3S. The van der Waals surface area contributed by atoms with E-state index in [1.807, 2.05) is 29.6 Å². The average molecular weight is 405 g/mol. The highest BCUT2D eigenvalue weighted by atomic mass is 32.1. The molecule has 6 nitrogen and oxygen atoms in total. The molecule has 1 fully saturated rings. The highest BCUT2D eigenvalue weighted by molar-refractivity contribution is 7.12. The van der Waals surface area contributed by atoms with Gasteiger partial charge >= 0.3 is 0 Å². The number of carbonyl (C=O) groups excluding carboxylic acids is 3. The number of carbonyl (C=O) groups is 3. The summed E-state index contributed by atoms with van der Waals surface area (Å²) in [6.45, 7) is 0.657. The fourth-order valence-electron chi connectivity index (χ4n) is 3.22. The van der Waals surface area contributed by atoms with Crippen LogP contribution in [0.2, 0.25) is 0 Å². The molecule has 0 unspecified atom stereocenters. The van der Waals surface area contributed by atoms with Gasteiger partial charge in [0.1, 0.15) is 0 Å². The van der Waals surface area contributed by atoms with Crippen LogP contribution < -0.4 is 15.5 Å². The van der Waals surface area contributed by atoms with Crippen LogP contribution in [0, 0.1) is 0 Å². The smallest absolute Gasteiger partial charge is 0.265 e. The van der Waals surface area contributed by atoms with Gasteiger partial charge < -0.3 is 15.5 Å². The molecule has 0 radical (unpaired) electrons. The molecular weight excluding hydrogens is 386 g/mol. The molecule has 3 aromatic rings. The summed E-state index contributed by atoms with van der Waals surface area (Å²) in [5.74, 6) is -0.390. The van der Waals surface area contributed by atoms with Crippen LogP contribution in [0.25, 0.3) is 0 Å². The van der Waals surface area contributed by atoms with Gasteiger partial charge in [-0.2, -0.15) is 0 Å². The Labute approximate surface area is 172 Å². The SMILES string of the molecule is O=C(Nc1ccccc1N1CCCC1=O)c1ccc(NC(=O)c2cccs2)cc1. The Balaban J connectivity index is 1.45. The molecule has 2 N–H and O–H groups in total. The second-order valence-corrected chi connectivity index (χ2v) is 7.58. The van der Waals surface area contributed by atoms with E-state index in [2.05, 4.69) is 10.6 Å². The Kier molecular flexibility index (Phi) is 5.39. The number of nitrogens with one attached hydrogen (secondary N) is 2. The minimum Gasteiger partial charge on any atom is -0.321 e. The predicted octanol–water partition coefficient (Wildman–Crippen LogP) is 4.38. The Hall–Kier alpha value is -3.45. The second kappa shape index (κ2) is 8.28. The molecule has 2 aromatic carbocycles. The van der Waals surface area contributed by atoms with Crippen molar-refractivity contribution < 1.29 is 14.4 Å². The largest absolute Gasteiger partial charge is 0.321 e. The van der Waals surface area contributed by atoms with E-state index in [1.165, 1.54) is 11.3 Å². The van der Waals surface area contributed by atoms with Crippen molar-refractivity contribution in [3.63, 3.8) is 0 Å². The molecule has 1 aliphatic heterocycles. The van der Waals surface area contributed by atoms with E-state index in [0.717, 1.165) is 6.42 Å². The lowest BCUT2D eigenvalue weighted by atomic mass is 10.1.